The van der Waals surface area contributed by atoms with Crippen molar-refractivity contribution in [3.8, 4) is 5.69 Å². The highest BCUT2D eigenvalue weighted by molar-refractivity contribution is 7.89. The number of carbonyl (C=O) groups is 1. The van der Waals surface area contributed by atoms with Crippen LogP contribution in [0.15, 0.2) is 47.4 Å². The number of para-hydroxylation sites is 1. The zero-order chi connectivity index (χ0) is 24.5. The fourth-order valence-corrected chi connectivity index (χ4v) is 5.61. The minimum Gasteiger partial charge on any atom is -0.379 e. The van der Waals surface area contributed by atoms with Crippen molar-refractivity contribution in [1.82, 2.24) is 19.1 Å². The highest BCUT2D eigenvalue weighted by atomic mass is 32.2. The third-order valence-corrected chi connectivity index (χ3v) is 7.83. The van der Waals surface area contributed by atoms with E-state index in [-0.39, 0.29) is 16.6 Å². The molecule has 2 heterocycles. The number of aryl methyl sites for hydroxylation is 2. The normalized spacial score (nSPS) is 15.0. The minimum absolute atomic E-state index is 0.00854. The summed E-state index contributed by atoms with van der Waals surface area (Å²) in [6, 6.07) is 12.7. The Kier molecular flexibility index (Phi) is 6.83. The smallest absolute Gasteiger partial charge is 0.295 e. The predicted molar refractivity (Wildman–Crippen MR) is 129 cm³/mol. The molecule has 1 fully saturated rings. The van der Waals surface area contributed by atoms with E-state index in [4.69, 9.17) is 4.74 Å². The molecule has 9 nitrogen and oxygen atoms in total. The number of nitrogens with zero attached hydrogens (tertiary/aromatic N) is 4. The van der Waals surface area contributed by atoms with Gasteiger partial charge in [-0.2, -0.15) is 4.31 Å². The number of hydrogen-bond acceptors (Lipinski definition) is 6. The number of amides is 1. The van der Waals surface area contributed by atoms with Crippen molar-refractivity contribution in [3.05, 3.63) is 65.2 Å². The number of anilines is 1. The number of carbonyl (C=O) groups excluding carboxylic acids is 1. The maximum absolute atomic E-state index is 13.1. The van der Waals surface area contributed by atoms with Crippen LogP contribution in [0.1, 0.15) is 47.3 Å². The first-order valence-electron chi connectivity index (χ1n) is 11.2. The Morgan fingerprint density at radius 2 is 1.79 bits per heavy atom. The van der Waals surface area contributed by atoms with E-state index in [1.54, 1.807) is 30.7 Å². The highest BCUT2D eigenvalue weighted by Gasteiger charge is 2.28. The Balaban J connectivity index is 1.60. The molecule has 1 amide bonds. The monoisotopic (exact) mass is 483 g/mol. The molecular weight excluding hydrogens is 454 g/mol. The highest BCUT2D eigenvalue weighted by Crippen LogP contribution is 2.26. The third kappa shape index (κ3) is 4.75. The first kappa shape index (κ1) is 24.1. The predicted octanol–water partition coefficient (Wildman–Crippen LogP) is 3.28. The van der Waals surface area contributed by atoms with Gasteiger partial charge < -0.3 is 10.1 Å². The lowest BCUT2D eigenvalue weighted by atomic mass is 10.0. The summed E-state index contributed by atoms with van der Waals surface area (Å²) in [4.78, 5) is 17.5. The van der Waals surface area contributed by atoms with Gasteiger partial charge in [0.2, 0.25) is 15.8 Å². The van der Waals surface area contributed by atoms with Crippen LogP contribution >= 0.6 is 0 Å². The van der Waals surface area contributed by atoms with Gasteiger partial charge in [0, 0.05) is 18.8 Å². The lowest BCUT2D eigenvalue weighted by Crippen LogP contribution is -2.40. The van der Waals surface area contributed by atoms with Crippen molar-refractivity contribution in [2.45, 2.75) is 38.5 Å². The van der Waals surface area contributed by atoms with Gasteiger partial charge in [0.05, 0.1) is 23.8 Å². The molecule has 1 N–H and O–H groups in total. The molecule has 4 rings (SSSR count). The van der Waals surface area contributed by atoms with Crippen LogP contribution in [0.4, 0.5) is 5.69 Å². The van der Waals surface area contributed by atoms with Crippen LogP contribution in [-0.4, -0.2) is 59.7 Å². The molecule has 2 aromatic carbocycles. The van der Waals surface area contributed by atoms with Gasteiger partial charge in [0.1, 0.15) is 5.82 Å². The van der Waals surface area contributed by atoms with E-state index in [1.165, 1.54) is 10.4 Å². The average molecular weight is 484 g/mol. The second-order valence-corrected chi connectivity index (χ2v) is 10.5. The van der Waals surface area contributed by atoms with Crippen LogP contribution in [0.2, 0.25) is 0 Å². The van der Waals surface area contributed by atoms with Crippen molar-refractivity contribution in [2.24, 2.45) is 0 Å². The lowest BCUT2D eigenvalue weighted by Gasteiger charge is -2.26. The van der Waals surface area contributed by atoms with Crippen molar-refractivity contribution < 1.29 is 17.9 Å². The average Bonchev–Trinajstić information content (AvgIpc) is 3.22. The maximum Gasteiger partial charge on any atom is 0.295 e. The summed E-state index contributed by atoms with van der Waals surface area (Å²) in [5.41, 5.74) is 2.93. The molecule has 0 bridgehead atoms. The third-order valence-electron chi connectivity index (χ3n) is 5.79. The fourth-order valence-electron chi connectivity index (χ4n) is 3.95. The molecule has 180 valence electrons. The minimum atomic E-state index is -3.70. The summed E-state index contributed by atoms with van der Waals surface area (Å²) in [5, 5.41) is 7.18. The molecule has 1 aliphatic heterocycles. The van der Waals surface area contributed by atoms with Gasteiger partial charge in [-0.05, 0) is 49.1 Å². The topological polar surface area (TPSA) is 106 Å². The molecule has 1 saturated heterocycles. The number of hydrogen-bond donors (Lipinski definition) is 1. The van der Waals surface area contributed by atoms with E-state index < -0.39 is 15.9 Å². The number of benzene rings is 2. The first-order chi connectivity index (χ1) is 16.2. The number of aromatic nitrogens is 3. The van der Waals surface area contributed by atoms with E-state index in [2.05, 4.69) is 29.2 Å². The van der Waals surface area contributed by atoms with Crippen molar-refractivity contribution >= 4 is 21.6 Å². The van der Waals surface area contributed by atoms with Gasteiger partial charge in [0.25, 0.3) is 5.91 Å². The SMILES string of the molecule is Cc1ccc(NC(=O)c2nc(C)n(-c3ccccc3C(C)C)n2)cc1S(=O)(=O)N1CCOCC1. The number of ether oxygens (including phenoxy) is 1. The Morgan fingerprint density at radius 1 is 1.09 bits per heavy atom. The Bertz CT molecular complexity index is 1310. The van der Waals surface area contributed by atoms with E-state index in [0.29, 0.717) is 43.4 Å². The van der Waals surface area contributed by atoms with Crippen LogP contribution in [0.25, 0.3) is 5.69 Å². The van der Waals surface area contributed by atoms with E-state index in [1.807, 2.05) is 24.3 Å². The van der Waals surface area contributed by atoms with Crippen LogP contribution in [-0.2, 0) is 14.8 Å². The summed E-state index contributed by atoms with van der Waals surface area (Å²) in [6.45, 7) is 9.05. The standard InChI is InChI=1S/C24H29N5O4S/c1-16(2)20-7-5-6-8-21(20)29-18(4)25-23(27-29)24(30)26-19-10-9-17(3)22(15-19)34(31,32)28-11-13-33-14-12-28/h5-10,15-16H,11-14H2,1-4H3,(H,26,30). The molecular formula is C24H29N5O4S. The first-order valence-corrected chi connectivity index (χ1v) is 12.7. The fraction of sp³-hybridized carbons (Fsp3) is 0.375. The molecule has 0 radical (unpaired) electrons. The van der Waals surface area contributed by atoms with Gasteiger partial charge in [-0.25, -0.2) is 18.1 Å². The summed E-state index contributed by atoms with van der Waals surface area (Å²) < 4.78 is 34.6. The summed E-state index contributed by atoms with van der Waals surface area (Å²) in [5.74, 6) is 0.353. The zero-order valence-corrected chi connectivity index (χ0v) is 20.6. The number of sulfonamides is 1. The van der Waals surface area contributed by atoms with Gasteiger partial charge in [-0.1, -0.05) is 38.1 Å². The molecule has 34 heavy (non-hydrogen) atoms. The Hall–Kier alpha value is -3.08. The van der Waals surface area contributed by atoms with Crippen LogP contribution in [0.5, 0.6) is 0 Å². The number of morpholine rings is 1. The van der Waals surface area contributed by atoms with Crippen LogP contribution in [0.3, 0.4) is 0 Å². The second kappa shape index (κ2) is 9.65. The molecule has 1 aliphatic rings. The summed E-state index contributed by atoms with van der Waals surface area (Å²) in [6.07, 6.45) is 0. The second-order valence-electron chi connectivity index (χ2n) is 8.56. The van der Waals surface area contributed by atoms with Gasteiger partial charge >= 0.3 is 0 Å². The molecule has 0 atom stereocenters. The number of nitrogens with one attached hydrogen (secondary N) is 1. The molecule has 0 saturated carbocycles. The number of rotatable bonds is 6. The molecule has 0 spiro atoms. The molecule has 3 aromatic rings. The zero-order valence-electron chi connectivity index (χ0n) is 19.8. The van der Waals surface area contributed by atoms with Crippen molar-refractivity contribution in [3.63, 3.8) is 0 Å². The van der Waals surface area contributed by atoms with Crippen LogP contribution in [0, 0.1) is 13.8 Å². The largest absolute Gasteiger partial charge is 0.379 e. The quantitative estimate of drug-likeness (QED) is 0.577. The van der Waals surface area contributed by atoms with Crippen molar-refractivity contribution in [1.29, 1.82) is 0 Å². The molecule has 0 aliphatic carbocycles. The molecule has 0 unspecified atom stereocenters. The molecule has 10 heteroatoms. The summed E-state index contributed by atoms with van der Waals surface area (Å²) >= 11 is 0. The van der Waals surface area contributed by atoms with Crippen LogP contribution < -0.4 is 5.32 Å². The summed E-state index contributed by atoms with van der Waals surface area (Å²) in [7, 11) is -3.70. The van der Waals surface area contributed by atoms with E-state index >= 15 is 0 Å². The van der Waals surface area contributed by atoms with E-state index in [9.17, 15) is 13.2 Å². The van der Waals surface area contributed by atoms with Gasteiger partial charge in [-0.3, -0.25) is 4.79 Å². The Morgan fingerprint density at radius 3 is 2.50 bits per heavy atom. The van der Waals surface area contributed by atoms with Gasteiger partial charge in [-0.15, -0.1) is 5.10 Å². The lowest BCUT2D eigenvalue weighted by molar-refractivity contribution is 0.0730. The Labute approximate surface area is 199 Å². The van der Waals surface area contributed by atoms with Gasteiger partial charge in [0.15, 0.2) is 0 Å². The van der Waals surface area contributed by atoms with Crippen molar-refractivity contribution in [2.75, 3.05) is 31.6 Å². The maximum atomic E-state index is 13.1. The molecule has 1 aromatic heterocycles. The van der Waals surface area contributed by atoms with E-state index in [0.717, 1.165) is 11.3 Å².